The lowest BCUT2D eigenvalue weighted by Crippen LogP contribution is -2.51. The van der Waals surface area contributed by atoms with Crippen molar-refractivity contribution < 1.29 is 19.4 Å². The number of benzene rings is 2. The molecular formula is C29H32N2O4. The van der Waals surface area contributed by atoms with Crippen molar-refractivity contribution >= 4 is 22.8 Å². The molecule has 4 fully saturated rings. The third-order valence-electron chi connectivity index (χ3n) is 8.64. The summed E-state index contributed by atoms with van der Waals surface area (Å²) in [6, 6.07) is 12.8. The normalized spacial score (nSPS) is 26.7. The van der Waals surface area contributed by atoms with Crippen LogP contribution in [0.4, 0.5) is 0 Å². The van der Waals surface area contributed by atoms with Gasteiger partial charge in [0.25, 0.3) is 5.91 Å². The molecule has 6 heteroatoms. The van der Waals surface area contributed by atoms with Crippen LogP contribution in [0.2, 0.25) is 0 Å². The summed E-state index contributed by atoms with van der Waals surface area (Å²) in [7, 11) is 1.29. The zero-order valence-corrected chi connectivity index (χ0v) is 20.1. The molecule has 0 atom stereocenters. The van der Waals surface area contributed by atoms with E-state index < -0.39 is 5.97 Å². The molecule has 1 aromatic heterocycles. The van der Waals surface area contributed by atoms with Gasteiger partial charge in [0.05, 0.1) is 7.11 Å². The number of esters is 1. The molecule has 0 radical (unpaired) electrons. The summed E-state index contributed by atoms with van der Waals surface area (Å²) in [5.74, 6) is 2.01. The van der Waals surface area contributed by atoms with Crippen LogP contribution in [0.1, 0.15) is 64.8 Å². The van der Waals surface area contributed by atoms with Crippen molar-refractivity contribution in [1.29, 1.82) is 0 Å². The number of ether oxygens (including phenoxy) is 1. The van der Waals surface area contributed by atoms with Crippen molar-refractivity contribution in [1.82, 2.24) is 9.88 Å². The zero-order chi connectivity index (χ0) is 24.2. The predicted octanol–water partition coefficient (Wildman–Crippen LogP) is 5.13. The molecule has 1 heterocycles. The minimum absolute atomic E-state index is 0.0127. The lowest BCUT2D eigenvalue weighted by Gasteiger charge is -2.56. The van der Waals surface area contributed by atoms with E-state index in [1.807, 2.05) is 36.5 Å². The van der Waals surface area contributed by atoms with E-state index in [0.717, 1.165) is 40.8 Å². The molecule has 182 valence electrons. The van der Waals surface area contributed by atoms with E-state index in [1.165, 1.54) is 45.6 Å². The average Bonchev–Trinajstić information content (AvgIpc) is 3.23. The molecule has 4 aliphatic carbocycles. The smallest absolute Gasteiger partial charge is 0.341 e. The van der Waals surface area contributed by atoms with Gasteiger partial charge in [0.1, 0.15) is 11.3 Å². The highest BCUT2D eigenvalue weighted by Gasteiger charge is 2.50. The number of carbonyl (C=O) groups is 2. The number of carbonyl (C=O) groups excluding carboxylic acids is 2. The van der Waals surface area contributed by atoms with Crippen LogP contribution in [0.25, 0.3) is 10.9 Å². The van der Waals surface area contributed by atoms with Gasteiger partial charge in [-0.15, -0.1) is 0 Å². The maximum absolute atomic E-state index is 13.0. The van der Waals surface area contributed by atoms with E-state index >= 15 is 0 Å². The maximum atomic E-state index is 13.0. The molecular weight excluding hydrogens is 440 g/mol. The first kappa shape index (κ1) is 22.2. The molecule has 2 aromatic carbocycles. The average molecular weight is 473 g/mol. The molecule has 7 rings (SSSR count). The first-order valence-corrected chi connectivity index (χ1v) is 12.7. The van der Waals surface area contributed by atoms with Gasteiger partial charge in [0, 0.05) is 35.8 Å². The fraction of sp³-hybridized carbons (Fsp3) is 0.448. The Balaban J connectivity index is 1.14. The SMILES string of the molecule is COC(=O)c1ccc(Cn2ccc3cc(C(=O)NCC45CC6CC(CC(C6)C4)C5)ccc32)cc1O. The number of methoxy groups -OCH3 is 1. The van der Waals surface area contributed by atoms with Crippen molar-refractivity contribution in [3.05, 3.63) is 65.4 Å². The number of fused-ring (bicyclic) bond motifs is 1. The molecule has 0 unspecified atom stereocenters. The van der Waals surface area contributed by atoms with E-state index in [9.17, 15) is 14.7 Å². The molecule has 2 N–H and O–H groups in total. The van der Waals surface area contributed by atoms with E-state index in [4.69, 9.17) is 4.74 Å². The predicted molar refractivity (Wildman–Crippen MR) is 133 cm³/mol. The molecule has 1 amide bonds. The number of aromatic nitrogens is 1. The monoisotopic (exact) mass is 472 g/mol. The van der Waals surface area contributed by atoms with Gasteiger partial charge in [-0.2, -0.15) is 0 Å². The van der Waals surface area contributed by atoms with Crippen molar-refractivity contribution in [3.8, 4) is 5.75 Å². The van der Waals surface area contributed by atoms with E-state index in [1.54, 1.807) is 12.1 Å². The summed E-state index contributed by atoms with van der Waals surface area (Å²) in [5.41, 5.74) is 3.05. The molecule has 3 aromatic rings. The van der Waals surface area contributed by atoms with Crippen LogP contribution in [0.15, 0.2) is 48.7 Å². The minimum atomic E-state index is -0.561. The number of aromatic hydroxyl groups is 1. The summed E-state index contributed by atoms with van der Waals surface area (Å²) >= 11 is 0. The van der Waals surface area contributed by atoms with Gasteiger partial charge in [-0.1, -0.05) is 6.07 Å². The topological polar surface area (TPSA) is 80.6 Å². The van der Waals surface area contributed by atoms with Crippen LogP contribution in [-0.4, -0.2) is 35.2 Å². The third kappa shape index (κ3) is 4.09. The highest BCUT2D eigenvalue weighted by Crippen LogP contribution is 2.59. The van der Waals surface area contributed by atoms with Crippen LogP contribution < -0.4 is 5.32 Å². The minimum Gasteiger partial charge on any atom is -0.507 e. The summed E-state index contributed by atoms with van der Waals surface area (Å²) in [4.78, 5) is 24.8. The van der Waals surface area contributed by atoms with Crippen molar-refractivity contribution in [3.63, 3.8) is 0 Å². The Hall–Kier alpha value is -3.28. The Labute approximate surface area is 205 Å². The second kappa shape index (κ2) is 8.43. The Morgan fingerprint density at radius 1 is 1.03 bits per heavy atom. The number of hydrogen-bond donors (Lipinski definition) is 2. The van der Waals surface area contributed by atoms with Crippen molar-refractivity contribution in [2.75, 3.05) is 13.7 Å². The zero-order valence-electron chi connectivity index (χ0n) is 20.1. The van der Waals surface area contributed by atoms with Crippen LogP contribution >= 0.6 is 0 Å². The Morgan fingerprint density at radius 3 is 2.40 bits per heavy atom. The van der Waals surface area contributed by atoms with Crippen LogP contribution in [0, 0.1) is 23.2 Å². The van der Waals surface area contributed by atoms with Gasteiger partial charge in [0.15, 0.2) is 0 Å². The van der Waals surface area contributed by atoms with Crippen LogP contribution in [0.5, 0.6) is 5.75 Å². The Kier molecular flexibility index (Phi) is 5.35. The molecule has 4 saturated carbocycles. The molecule has 6 nitrogen and oxygen atoms in total. The number of hydrogen-bond acceptors (Lipinski definition) is 4. The fourth-order valence-electron chi connectivity index (χ4n) is 7.51. The molecule has 4 aliphatic rings. The standard InChI is InChI=1S/C29H32N2O4/c1-35-28(34)24-4-2-18(11-26(24)32)16-31-7-6-22-12-23(3-5-25(22)31)27(33)30-17-29-13-19-8-20(14-29)10-21(9-19)15-29/h2-7,11-12,19-21,32H,8-10,13-17H2,1H3,(H,30,33). The van der Waals surface area contributed by atoms with Gasteiger partial charge >= 0.3 is 5.97 Å². The number of nitrogens with zero attached hydrogens (tertiary/aromatic N) is 1. The van der Waals surface area contributed by atoms with Crippen molar-refractivity contribution in [2.45, 2.75) is 45.1 Å². The van der Waals surface area contributed by atoms with E-state index in [2.05, 4.69) is 9.88 Å². The summed E-state index contributed by atoms with van der Waals surface area (Å²) < 4.78 is 6.76. The van der Waals surface area contributed by atoms with Crippen LogP contribution in [0.3, 0.4) is 0 Å². The van der Waals surface area contributed by atoms with Gasteiger partial charge in [-0.25, -0.2) is 4.79 Å². The molecule has 35 heavy (non-hydrogen) atoms. The lowest BCUT2D eigenvalue weighted by molar-refractivity contribution is -0.0503. The number of nitrogens with one attached hydrogen (secondary N) is 1. The summed E-state index contributed by atoms with van der Waals surface area (Å²) in [6.45, 7) is 1.34. The number of amides is 1. The second-order valence-corrected chi connectivity index (χ2v) is 11.2. The van der Waals surface area contributed by atoms with E-state index in [-0.39, 0.29) is 17.2 Å². The molecule has 0 saturated heterocycles. The second-order valence-electron chi connectivity index (χ2n) is 11.2. The maximum Gasteiger partial charge on any atom is 0.341 e. The highest BCUT2D eigenvalue weighted by molar-refractivity contribution is 5.98. The van der Waals surface area contributed by atoms with Gasteiger partial charge in [-0.3, -0.25) is 4.79 Å². The first-order valence-electron chi connectivity index (χ1n) is 12.7. The van der Waals surface area contributed by atoms with Gasteiger partial charge < -0.3 is 19.7 Å². The van der Waals surface area contributed by atoms with Crippen molar-refractivity contribution in [2.24, 2.45) is 23.2 Å². The lowest BCUT2D eigenvalue weighted by atomic mass is 9.49. The summed E-state index contributed by atoms with van der Waals surface area (Å²) in [6.07, 6.45) is 10.1. The van der Waals surface area contributed by atoms with E-state index in [0.29, 0.717) is 17.5 Å². The Morgan fingerprint density at radius 2 is 1.74 bits per heavy atom. The van der Waals surface area contributed by atoms with Gasteiger partial charge in [-0.05, 0) is 104 Å². The molecule has 0 spiro atoms. The van der Waals surface area contributed by atoms with Gasteiger partial charge in [0.2, 0.25) is 0 Å². The number of phenols is 1. The Bertz CT molecular complexity index is 1270. The first-order chi connectivity index (χ1) is 16.9. The van der Waals surface area contributed by atoms with Crippen LogP contribution in [-0.2, 0) is 11.3 Å². The number of rotatable bonds is 6. The molecule has 0 aliphatic heterocycles. The highest BCUT2D eigenvalue weighted by atomic mass is 16.5. The quantitative estimate of drug-likeness (QED) is 0.488. The third-order valence-corrected chi connectivity index (χ3v) is 8.64. The largest absolute Gasteiger partial charge is 0.507 e. The molecule has 4 bridgehead atoms. The number of phenolic OH excluding ortho intramolecular Hbond substituents is 1. The fourth-order valence-corrected chi connectivity index (χ4v) is 7.51. The summed E-state index contributed by atoms with van der Waals surface area (Å²) in [5, 5.41) is 14.5.